The molecule has 0 aliphatic rings. The topological polar surface area (TPSA) is 12.4 Å². The number of rotatable bonds is 6. The van der Waals surface area contributed by atoms with E-state index in [-0.39, 0.29) is 0 Å². The van der Waals surface area contributed by atoms with Crippen molar-refractivity contribution in [3.05, 3.63) is 54.1 Å². The molecule has 3 heteroatoms. The molecule has 0 aromatic heterocycles. The summed E-state index contributed by atoms with van der Waals surface area (Å²) in [5.74, 6) is 6.12. The number of hydrogen-bond acceptors (Lipinski definition) is 2. The molecule has 0 radical (unpaired) electrons. The van der Waals surface area contributed by atoms with Crippen LogP contribution in [0.5, 0.6) is 0 Å². The third-order valence-electron chi connectivity index (χ3n) is 2.73. The minimum absolute atomic E-state index is 0.762. The lowest BCUT2D eigenvalue weighted by atomic mass is 10.2. The first kappa shape index (κ1) is 19.5. The summed E-state index contributed by atoms with van der Waals surface area (Å²) in [6.07, 6.45) is 8.91. The molecule has 0 spiro atoms. The van der Waals surface area contributed by atoms with Crippen molar-refractivity contribution >= 4 is 31.0 Å². The third kappa shape index (κ3) is 10.8. The van der Waals surface area contributed by atoms with E-state index in [0.29, 0.717) is 0 Å². The Kier molecular flexibility index (Phi) is 9.43. The Labute approximate surface area is 147 Å². The maximum atomic E-state index is 4.73. The van der Waals surface area contributed by atoms with Gasteiger partial charge >= 0.3 is 0 Å². The van der Waals surface area contributed by atoms with Gasteiger partial charge in [0.15, 0.2) is 0 Å². The molecule has 0 aliphatic carbocycles. The van der Waals surface area contributed by atoms with Crippen molar-refractivity contribution in [2.45, 2.75) is 33.0 Å². The molecule has 0 saturated carbocycles. The van der Waals surface area contributed by atoms with E-state index in [1.807, 2.05) is 36.9 Å². The fraction of sp³-hybridized carbons (Fsp3) is 0.350. The molecule has 1 aromatic carbocycles. The predicted octanol–water partition coefficient (Wildman–Crippen LogP) is 5.68. The second-order valence-electron chi connectivity index (χ2n) is 6.38. The van der Waals surface area contributed by atoms with Crippen molar-refractivity contribution in [3.8, 4) is 11.8 Å². The minimum Gasteiger partial charge on any atom is -0.277 e. The zero-order chi connectivity index (χ0) is 17.0. The molecule has 0 saturated heterocycles. The van der Waals surface area contributed by atoms with Crippen molar-refractivity contribution in [1.82, 2.24) is 0 Å². The number of benzene rings is 1. The van der Waals surface area contributed by atoms with Gasteiger partial charge in [-0.05, 0) is 30.0 Å². The molecular weight excluding hydrogens is 314 g/mol. The summed E-state index contributed by atoms with van der Waals surface area (Å²) in [5.41, 5.74) is 1.21. The Balaban J connectivity index is 2.68. The van der Waals surface area contributed by atoms with Crippen LogP contribution in [0.15, 0.2) is 53.6 Å². The van der Waals surface area contributed by atoms with Crippen LogP contribution in [-0.4, -0.2) is 25.0 Å². The second kappa shape index (κ2) is 11.1. The molecule has 0 heterocycles. The first-order valence-corrected chi connectivity index (χ1v) is 12.7. The van der Waals surface area contributed by atoms with Gasteiger partial charge in [-0.2, -0.15) is 0 Å². The van der Waals surface area contributed by atoms with Crippen LogP contribution in [0.1, 0.15) is 18.9 Å². The molecule has 1 rings (SSSR count). The summed E-state index contributed by atoms with van der Waals surface area (Å²) in [5, 5.41) is 2.30. The molecule has 0 amide bonds. The highest BCUT2D eigenvalue weighted by Gasteiger charge is 2.13. The smallest absolute Gasteiger partial charge is 0.0902 e. The fourth-order valence-corrected chi connectivity index (χ4v) is 4.28. The molecule has 1 aromatic rings. The Morgan fingerprint density at radius 2 is 1.96 bits per heavy atom. The van der Waals surface area contributed by atoms with E-state index < -0.39 is 8.07 Å². The van der Waals surface area contributed by atoms with Gasteiger partial charge in [-0.15, -0.1) is 11.8 Å². The Morgan fingerprint density at radius 1 is 1.22 bits per heavy atom. The second-order valence-corrected chi connectivity index (χ2v) is 13.4. The van der Waals surface area contributed by atoms with Crippen LogP contribution in [-0.2, 0) is 0 Å². The van der Waals surface area contributed by atoms with Crippen LogP contribution in [0.25, 0.3) is 6.08 Å². The Hall–Kier alpha value is -1.50. The van der Waals surface area contributed by atoms with E-state index in [4.69, 9.17) is 4.99 Å². The summed E-state index contributed by atoms with van der Waals surface area (Å²) in [6, 6.07) is 10.4. The van der Waals surface area contributed by atoms with Crippen LogP contribution in [0.4, 0.5) is 0 Å². The first-order valence-electron chi connectivity index (χ1n) is 8.01. The Bertz CT molecular complexity index is 598. The average Bonchev–Trinajstić information content (AvgIpc) is 2.52. The minimum atomic E-state index is -1.08. The third-order valence-corrected chi connectivity index (χ3v) is 7.33. The Morgan fingerprint density at radius 3 is 2.61 bits per heavy atom. The van der Waals surface area contributed by atoms with Gasteiger partial charge in [-0.3, -0.25) is 4.99 Å². The van der Waals surface area contributed by atoms with Gasteiger partial charge in [-0.25, -0.2) is 0 Å². The molecular formula is C20H27NSSi. The van der Waals surface area contributed by atoms with Crippen LogP contribution in [0, 0.1) is 11.8 Å². The van der Waals surface area contributed by atoms with Crippen molar-refractivity contribution in [2.24, 2.45) is 4.99 Å². The van der Waals surface area contributed by atoms with E-state index >= 15 is 0 Å². The highest BCUT2D eigenvalue weighted by molar-refractivity contribution is 8.15. The van der Waals surface area contributed by atoms with Gasteiger partial charge in [0.1, 0.15) is 0 Å². The first-order chi connectivity index (χ1) is 11.0. The van der Waals surface area contributed by atoms with Gasteiger partial charge in [0.2, 0.25) is 0 Å². The number of nitrogens with zero attached hydrogens (tertiary/aromatic N) is 1. The van der Waals surface area contributed by atoms with E-state index in [1.54, 1.807) is 0 Å². The van der Waals surface area contributed by atoms with E-state index in [2.05, 4.69) is 67.9 Å². The van der Waals surface area contributed by atoms with E-state index in [1.165, 1.54) is 10.9 Å². The molecule has 0 unspecified atom stereocenters. The summed E-state index contributed by atoms with van der Waals surface area (Å²) in [7, 11) is -1.08. The number of allylic oxidation sites excluding steroid dienone is 2. The molecule has 0 N–H and O–H groups in total. The highest BCUT2D eigenvalue weighted by Crippen LogP contribution is 2.15. The molecule has 0 fully saturated rings. The lowest BCUT2D eigenvalue weighted by Gasteiger charge is -2.14. The summed E-state index contributed by atoms with van der Waals surface area (Å²) >= 11 is 1.88. The van der Waals surface area contributed by atoms with Gasteiger partial charge in [-0.1, -0.05) is 74.0 Å². The van der Waals surface area contributed by atoms with Crippen LogP contribution in [0.2, 0.25) is 19.6 Å². The maximum absolute atomic E-state index is 4.73. The zero-order valence-corrected chi connectivity index (χ0v) is 16.5. The van der Waals surface area contributed by atoms with Crippen molar-refractivity contribution < 1.29 is 0 Å². The van der Waals surface area contributed by atoms with Crippen LogP contribution < -0.4 is 0 Å². The standard InChI is InChI=1S/C20H27NSSi/c1-5-6-7-8-12-17-21-20(22-18-23(2,3)4)16-15-19-13-10-9-11-14-19/h5-6,9-11,13-16H,12,17-18H2,1-4H3/b6-5+,16-15+,21-20?. The quantitative estimate of drug-likeness (QED) is 0.213. The SMILES string of the molecule is C/C=C/C#CCCN=C(/C=C/c1ccccc1)SC[Si](C)(C)C. The van der Waals surface area contributed by atoms with Gasteiger partial charge < -0.3 is 0 Å². The molecule has 23 heavy (non-hydrogen) atoms. The summed E-state index contributed by atoms with van der Waals surface area (Å²) < 4.78 is 0. The molecule has 122 valence electrons. The average molecular weight is 342 g/mol. The molecule has 0 bridgehead atoms. The van der Waals surface area contributed by atoms with Gasteiger partial charge in [0.25, 0.3) is 0 Å². The molecule has 1 nitrogen and oxygen atoms in total. The number of aliphatic imine (C=N–C) groups is 1. The lowest BCUT2D eigenvalue weighted by molar-refractivity contribution is 1.04. The molecule has 0 atom stereocenters. The monoisotopic (exact) mass is 341 g/mol. The fourth-order valence-electron chi connectivity index (χ4n) is 1.60. The van der Waals surface area contributed by atoms with Crippen LogP contribution >= 0.6 is 11.8 Å². The number of thioether (sulfide) groups is 1. The zero-order valence-electron chi connectivity index (χ0n) is 14.7. The van der Waals surface area contributed by atoms with Crippen LogP contribution in [0.3, 0.4) is 0 Å². The number of hydrogen-bond donors (Lipinski definition) is 0. The summed E-state index contributed by atoms with van der Waals surface area (Å²) in [4.78, 5) is 4.73. The maximum Gasteiger partial charge on any atom is 0.0902 e. The van der Waals surface area contributed by atoms with Crippen molar-refractivity contribution in [3.63, 3.8) is 0 Å². The van der Waals surface area contributed by atoms with Crippen molar-refractivity contribution in [2.75, 3.05) is 11.9 Å². The van der Waals surface area contributed by atoms with Crippen molar-refractivity contribution in [1.29, 1.82) is 0 Å². The normalized spacial score (nSPS) is 12.6. The predicted molar refractivity (Wildman–Crippen MR) is 111 cm³/mol. The van der Waals surface area contributed by atoms with Gasteiger partial charge in [0.05, 0.1) is 19.7 Å². The van der Waals surface area contributed by atoms with Gasteiger partial charge in [0, 0.05) is 6.42 Å². The largest absolute Gasteiger partial charge is 0.277 e. The van der Waals surface area contributed by atoms with E-state index in [9.17, 15) is 0 Å². The molecule has 0 aliphatic heterocycles. The summed E-state index contributed by atoms with van der Waals surface area (Å²) in [6.45, 7) is 9.91. The highest BCUT2D eigenvalue weighted by atomic mass is 32.2. The van der Waals surface area contributed by atoms with E-state index in [0.717, 1.165) is 18.0 Å². The lowest BCUT2D eigenvalue weighted by Crippen LogP contribution is -2.24.